The normalized spacial score (nSPS) is 11.5. The predicted molar refractivity (Wildman–Crippen MR) is 112 cm³/mol. The summed E-state index contributed by atoms with van der Waals surface area (Å²) >= 11 is 0. The molecule has 148 valence electrons. The van der Waals surface area contributed by atoms with Crippen molar-refractivity contribution in [2.24, 2.45) is 0 Å². The van der Waals surface area contributed by atoms with Crippen molar-refractivity contribution < 1.29 is 14.3 Å². The van der Waals surface area contributed by atoms with Gasteiger partial charge in [-0.15, -0.1) is 0 Å². The van der Waals surface area contributed by atoms with Gasteiger partial charge in [-0.2, -0.15) is 0 Å². The molecule has 7 heteroatoms. The summed E-state index contributed by atoms with van der Waals surface area (Å²) in [6.45, 7) is 1.40. The number of pyridine rings is 1. The second-order valence-corrected chi connectivity index (χ2v) is 6.59. The number of ether oxygens (including phenoxy) is 1. The third kappa shape index (κ3) is 4.76. The van der Waals surface area contributed by atoms with Gasteiger partial charge in [0.15, 0.2) is 5.78 Å². The molecule has 3 aromatic rings. The molecule has 7 nitrogen and oxygen atoms in total. The van der Waals surface area contributed by atoms with E-state index in [9.17, 15) is 9.59 Å². The Morgan fingerprint density at radius 2 is 1.97 bits per heavy atom. The molecule has 2 aromatic heterocycles. The van der Waals surface area contributed by atoms with Gasteiger partial charge in [0.05, 0.1) is 30.9 Å². The van der Waals surface area contributed by atoms with Crippen molar-refractivity contribution in [3.05, 3.63) is 66.6 Å². The van der Waals surface area contributed by atoms with Crippen molar-refractivity contribution in [1.82, 2.24) is 9.97 Å². The number of methoxy groups -OCH3 is 1. The van der Waals surface area contributed by atoms with Crippen LogP contribution in [0.5, 0.6) is 5.75 Å². The van der Waals surface area contributed by atoms with E-state index in [1.807, 2.05) is 30.3 Å². The largest absolute Gasteiger partial charge is 0.495 e. The summed E-state index contributed by atoms with van der Waals surface area (Å²) in [6.07, 6.45) is 4.65. The van der Waals surface area contributed by atoms with Crippen LogP contribution in [0.25, 0.3) is 11.3 Å². The Balaban J connectivity index is 1.96. The molecule has 0 amide bonds. The maximum absolute atomic E-state index is 13.4. The highest BCUT2D eigenvalue weighted by molar-refractivity contribution is 6.21. The van der Waals surface area contributed by atoms with Crippen LogP contribution in [-0.4, -0.2) is 40.4 Å². The van der Waals surface area contributed by atoms with Gasteiger partial charge in [0.1, 0.15) is 17.6 Å². The topological polar surface area (TPSA) is 108 Å². The number of hydrogen-bond acceptors (Lipinski definition) is 6. The van der Waals surface area contributed by atoms with E-state index in [0.29, 0.717) is 22.7 Å². The van der Waals surface area contributed by atoms with E-state index < -0.39 is 6.04 Å². The number of nitrogens with one attached hydrogen (secondary N) is 3. The van der Waals surface area contributed by atoms with Crippen LogP contribution in [0.4, 0.5) is 5.69 Å². The number of hydrogen-bond donors (Lipinski definition) is 3. The molecule has 0 aliphatic rings. The minimum absolute atomic E-state index is 0.00877. The average Bonchev–Trinajstić information content (AvgIpc) is 3.21. The average molecular weight is 390 g/mol. The van der Waals surface area contributed by atoms with Crippen molar-refractivity contribution in [2.45, 2.75) is 19.4 Å². The molecule has 0 saturated carbocycles. The number of nitrogens with zero attached hydrogens (tertiary/aromatic N) is 1. The fourth-order valence-electron chi connectivity index (χ4n) is 3.03. The van der Waals surface area contributed by atoms with Crippen LogP contribution in [0.15, 0.2) is 61.1 Å². The Kier molecular flexibility index (Phi) is 6.19. The van der Waals surface area contributed by atoms with E-state index in [2.05, 4.69) is 15.3 Å². The quantitative estimate of drug-likeness (QED) is 0.381. The third-order valence-electron chi connectivity index (χ3n) is 4.38. The number of benzene rings is 1. The predicted octanol–water partition coefficient (Wildman–Crippen LogP) is 3.75. The van der Waals surface area contributed by atoms with Crippen LogP contribution in [0.2, 0.25) is 0 Å². The minimum atomic E-state index is -1.01. The monoisotopic (exact) mass is 390 g/mol. The van der Waals surface area contributed by atoms with Crippen molar-refractivity contribution in [2.75, 3.05) is 12.4 Å². The first-order valence-corrected chi connectivity index (χ1v) is 9.09. The SMILES string of the molecule is COc1cncc(NC(C(=N)CC(C)=O)C(=O)c2cc[nH]c2-c2ccccc2)c1. The summed E-state index contributed by atoms with van der Waals surface area (Å²) in [5.41, 5.74) is 2.48. The summed E-state index contributed by atoms with van der Waals surface area (Å²) in [5, 5.41) is 11.4. The van der Waals surface area contributed by atoms with E-state index in [1.54, 1.807) is 30.7 Å². The number of carbonyl (C=O) groups excluding carboxylic acids is 2. The summed E-state index contributed by atoms with van der Waals surface area (Å²) in [6, 6.07) is 11.8. The van der Waals surface area contributed by atoms with Crippen LogP contribution in [0.3, 0.4) is 0 Å². The molecule has 0 spiro atoms. The fourth-order valence-corrected chi connectivity index (χ4v) is 3.03. The summed E-state index contributed by atoms with van der Waals surface area (Å²) in [7, 11) is 1.52. The number of H-pyrrole nitrogens is 1. The second kappa shape index (κ2) is 8.97. The minimum Gasteiger partial charge on any atom is -0.495 e. The molecular weight excluding hydrogens is 368 g/mol. The van der Waals surface area contributed by atoms with Crippen LogP contribution in [0.1, 0.15) is 23.7 Å². The number of carbonyl (C=O) groups is 2. The molecule has 0 aliphatic carbocycles. The molecule has 0 saturated heterocycles. The van der Waals surface area contributed by atoms with Gasteiger partial charge in [0.2, 0.25) is 0 Å². The lowest BCUT2D eigenvalue weighted by molar-refractivity contribution is -0.115. The lowest BCUT2D eigenvalue weighted by Crippen LogP contribution is -2.38. The van der Waals surface area contributed by atoms with Gasteiger partial charge >= 0.3 is 0 Å². The van der Waals surface area contributed by atoms with Crippen LogP contribution < -0.4 is 10.1 Å². The van der Waals surface area contributed by atoms with Gasteiger partial charge in [-0.05, 0) is 18.6 Å². The Morgan fingerprint density at radius 1 is 1.21 bits per heavy atom. The van der Waals surface area contributed by atoms with E-state index >= 15 is 0 Å². The summed E-state index contributed by atoms with van der Waals surface area (Å²) < 4.78 is 5.17. The molecule has 0 aliphatic heterocycles. The zero-order chi connectivity index (χ0) is 20.8. The zero-order valence-electron chi connectivity index (χ0n) is 16.2. The maximum atomic E-state index is 13.4. The molecule has 3 rings (SSSR count). The van der Waals surface area contributed by atoms with Gasteiger partial charge in [-0.1, -0.05) is 30.3 Å². The Bertz CT molecular complexity index is 1030. The maximum Gasteiger partial charge on any atom is 0.192 e. The number of anilines is 1. The molecule has 0 fully saturated rings. The van der Waals surface area contributed by atoms with Gasteiger partial charge in [0, 0.05) is 30.0 Å². The van der Waals surface area contributed by atoms with E-state index in [1.165, 1.54) is 14.0 Å². The lowest BCUT2D eigenvalue weighted by Gasteiger charge is -2.20. The standard InChI is InChI=1S/C22H22N4O3/c1-14(27)10-19(23)21(26-16-11-17(29-2)13-24-12-16)22(28)18-8-9-25-20(18)15-6-4-3-5-7-15/h3-9,11-13,21,23,25-26H,10H2,1-2H3. The molecule has 0 radical (unpaired) electrons. The van der Waals surface area contributed by atoms with Crippen LogP contribution in [0, 0.1) is 5.41 Å². The number of ketones is 2. The highest BCUT2D eigenvalue weighted by atomic mass is 16.5. The van der Waals surface area contributed by atoms with E-state index in [-0.39, 0.29) is 23.7 Å². The van der Waals surface area contributed by atoms with Crippen molar-refractivity contribution in [3.63, 3.8) is 0 Å². The molecule has 3 N–H and O–H groups in total. The molecule has 2 heterocycles. The lowest BCUT2D eigenvalue weighted by atomic mass is 9.95. The molecule has 1 unspecified atom stereocenters. The number of rotatable bonds is 9. The molecule has 0 bridgehead atoms. The molecule has 1 atom stereocenters. The first kappa shape index (κ1) is 20.0. The number of aromatic nitrogens is 2. The third-order valence-corrected chi connectivity index (χ3v) is 4.38. The van der Waals surface area contributed by atoms with Crippen molar-refractivity contribution in [3.8, 4) is 17.0 Å². The first-order chi connectivity index (χ1) is 14.0. The Labute approximate surface area is 168 Å². The summed E-state index contributed by atoms with van der Waals surface area (Å²) in [4.78, 5) is 32.2. The Morgan fingerprint density at radius 3 is 2.66 bits per heavy atom. The first-order valence-electron chi connectivity index (χ1n) is 9.09. The number of aromatic amines is 1. The van der Waals surface area contributed by atoms with E-state index in [0.717, 1.165) is 5.56 Å². The van der Waals surface area contributed by atoms with E-state index in [4.69, 9.17) is 10.1 Å². The highest BCUT2D eigenvalue weighted by Gasteiger charge is 2.28. The van der Waals surface area contributed by atoms with Crippen molar-refractivity contribution >= 4 is 23.0 Å². The fraction of sp³-hybridized carbons (Fsp3) is 0.182. The number of Topliss-reactive ketones (excluding diaryl/α,β-unsaturated/α-hetero) is 2. The molecular formula is C22H22N4O3. The van der Waals surface area contributed by atoms with Crippen LogP contribution in [-0.2, 0) is 4.79 Å². The second-order valence-electron chi connectivity index (χ2n) is 6.59. The highest BCUT2D eigenvalue weighted by Crippen LogP contribution is 2.25. The van der Waals surface area contributed by atoms with Crippen molar-refractivity contribution in [1.29, 1.82) is 5.41 Å². The molecule has 29 heavy (non-hydrogen) atoms. The van der Waals surface area contributed by atoms with Gasteiger partial charge < -0.3 is 20.4 Å². The van der Waals surface area contributed by atoms with Gasteiger partial charge in [-0.3, -0.25) is 14.6 Å². The van der Waals surface area contributed by atoms with Crippen LogP contribution >= 0.6 is 0 Å². The Hall–Kier alpha value is -3.74. The smallest absolute Gasteiger partial charge is 0.192 e. The summed E-state index contributed by atoms with van der Waals surface area (Å²) in [5.74, 6) is 0.0285. The zero-order valence-corrected chi connectivity index (χ0v) is 16.2. The van der Waals surface area contributed by atoms with Gasteiger partial charge in [-0.25, -0.2) is 0 Å². The molecule has 1 aromatic carbocycles. The van der Waals surface area contributed by atoms with Gasteiger partial charge in [0.25, 0.3) is 0 Å².